The molecule has 1 aliphatic heterocycles. The van der Waals surface area contributed by atoms with Crippen LogP contribution in [0.2, 0.25) is 0 Å². The lowest BCUT2D eigenvalue weighted by Crippen LogP contribution is -2.29. The first kappa shape index (κ1) is 21.2. The predicted octanol–water partition coefficient (Wildman–Crippen LogP) is 5.08. The number of hydrogen-bond donors (Lipinski definition) is 2. The number of rotatable bonds is 4. The first-order chi connectivity index (χ1) is 16.0. The van der Waals surface area contributed by atoms with Crippen molar-refractivity contribution in [2.75, 3.05) is 4.90 Å². The molecule has 1 saturated heterocycles. The fraction of sp³-hybridized carbons (Fsp3) is 0.192. The second-order valence-corrected chi connectivity index (χ2v) is 8.73. The van der Waals surface area contributed by atoms with Crippen molar-refractivity contribution in [2.45, 2.75) is 32.9 Å². The molecule has 0 amide bonds. The Hall–Kier alpha value is -3.71. The summed E-state index contributed by atoms with van der Waals surface area (Å²) < 4.78 is 2.17. The number of thiocarbonyl (C=S) groups is 1. The first-order valence-corrected chi connectivity index (χ1v) is 11.3. The fourth-order valence-corrected chi connectivity index (χ4v) is 5.02. The third-order valence-electron chi connectivity index (χ3n) is 6.16. The summed E-state index contributed by atoms with van der Waals surface area (Å²) in [4.78, 5) is 11.2. The smallest absolute Gasteiger partial charge is 0.174 e. The Bertz CT molecular complexity index is 1330. The molecule has 0 spiro atoms. The molecule has 3 aromatic heterocycles. The molecule has 4 heterocycles. The summed E-state index contributed by atoms with van der Waals surface area (Å²) >= 11 is 5.79. The molecule has 7 heteroatoms. The van der Waals surface area contributed by atoms with Gasteiger partial charge >= 0.3 is 0 Å². The topological polar surface area (TPSA) is 66.2 Å². The van der Waals surface area contributed by atoms with Gasteiger partial charge in [0, 0.05) is 23.8 Å². The fourth-order valence-electron chi connectivity index (χ4n) is 4.68. The number of hydrogen-bond acceptors (Lipinski definition) is 4. The van der Waals surface area contributed by atoms with E-state index >= 15 is 0 Å². The summed E-state index contributed by atoms with van der Waals surface area (Å²) in [5, 5.41) is 14.7. The second kappa shape index (κ2) is 8.33. The van der Waals surface area contributed by atoms with Gasteiger partial charge < -0.3 is 19.9 Å². The molecule has 0 saturated carbocycles. The molecule has 4 aromatic rings. The Morgan fingerprint density at radius 3 is 2.45 bits per heavy atom. The summed E-state index contributed by atoms with van der Waals surface area (Å²) in [5.41, 5.74) is 5.96. The van der Waals surface area contributed by atoms with Crippen molar-refractivity contribution < 1.29 is 5.11 Å². The molecule has 2 N–H and O–H groups in total. The van der Waals surface area contributed by atoms with Crippen molar-refractivity contribution in [3.05, 3.63) is 101 Å². The molecule has 6 nitrogen and oxygen atoms in total. The molecule has 2 atom stereocenters. The van der Waals surface area contributed by atoms with E-state index in [1.54, 1.807) is 12.3 Å². The van der Waals surface area contributed by atoms with Gasteiger partial charge in [-0.25, -0.2) is 4.98 Å². The molecule has 0 aliphatic carbocycles. The van der Waals surface area contributed by atoms with Crippen molar-refractivity contribution in [1.29, 1.82) is 0 Å². The number of aromatic hydroxyl groups is 1. The van der Waals surface area contributed by atoms with Crippen molar-refractivity contribution in [1.82, 2.24) is 19.9 Å². The Kier molecular flexibility index (Phi) is 5.34. The molecule has 0 unspecified atom stereocenters. The highest BCUT2D eigenvalue weighted by Gasteiger charge is 2.43. The minimum atomic E-state index is -0.203. The monoisotopic (exact) mass is 455 g/mol. The number of phenolic OH excluding ortho intramolecular Hbond substituents is 1. The van der Waals surface area contributed by atoms with Crippen LogP contribution >= 0.6 is 12.2 Å². The van der Waals surface area contributed by atoms with Crippen LogP contribution in [0.4, 0.5) is 5.69 Å². The van der Waals surface area contributed by atoms with Crippen molar-refractivity contribution in [3.63, 3.8) is 0 Å². The van der Waals surface area contributed by atoms with Crippen LogP contribution in [0.5, 0.6) is 5.75 Å². The molecule has 1 aliphatic rings. The van der Waals surface area contributed by atoms with E-state index in [0.717, 1.165) is 34.0 Å². The molecule has 166 valence electrons. The molecule has 1 aromatic carbocycles. The Morgan fingerprint density at radius 2 is 1.73 bits per heavy atom. The summed E-state index contributed by atoms with van der Waals surface area (Å²) in [7, 11) is 0. The first-order valence-electron chi connectivity index (χ1n) is 10.9. The maximum atomic E-state index is 10.7. The van der Waals surface area contributed by atoms with Crippen LogP contribution in [-0.2, 0) is 0 Å². The highest BCUT2D eigenvalue weighted by molar-refractivity contribution is 7.80. The van der Waals surface area contributed by atoms with Gasteiger partial charge in [-0.15, -0.1) is 0 Å². The number of aromatic nitrogens is 3. The molecule has 5 rings (SSSR count). The number of anilines is 1. The van der Waals surface area contributed by atoms with Crippen LogP contribution in [0, 0.1) is 20.8 Å². The van der Waals surface area contributed by atoms with Crippen LogP contribution in [0.3, 0.4) is 0 Å². The van der Waals surface area contributed by atoms with Gasteiger partial charge in [0.05, 0.1) is 23.5 Å². The summed E-state index contributed by atoms with van der Waals surface area (Å²) in [6, 6.07) is 19.0. The van der Waals surface area contributed by atoms with Crippen LogP contribution in [0.15, 0.2) is 73.1 Å². The molecular weight excluding hydrogens is 430 g/mol. The number of nitrogens with zero attached hydrogens (tertiary/aromatic N) is 4. The number of pyridine rings is 2. The van der Waals surface area contributed by atoms with Gasteiger partial charge in [-0.3, -0.25) is 4.98 Å². The minimum Gasteiger partial charge on any atom is -0.506 e. The highest BCUT2D eigenvalue weighted by Crippen LogP contribution is 2.45. The van der Waals surface area contributed by atoms with Crippen LogP contribution in [0.1, 0.15) is 40.3 Å². The lowest BCUT2D eigenvalue weighted by atomic mass is 9.96. The molecule has 33 heavy (non-hydrogen) atoms. The average Bonchev–Trinajstić information content (AvgIpc) is 3.30. The van der Waals surface area contributed by atoms with Gasteiger partial charge in [0.25, 0.3) is 0 Å². The third-order valence-corrected chi connectivity index (χ3v) is 6.47. The highest BCUT2D eigenvalue weighted by atomic mass is 32.1. The van der Waals surface area contributed by atoms with Crippen molar-refractivity contribution >= 4 is 23.0 Å². The lowest BCUT2D eigenvalue weighted by Gasteiger charge is -2.28. The van der Waals surface area contributed by atoms with Crippen LogP contribution < -0.4 is 10.2 Å². The number of benzene rings is 1. The normalized spacial score (nSPS) is 17.9. The van der Waals surface area contributed by atoms with E-state index in [0.29, 0.717) is 10.8 Å². The number of para-hydroxylation sites is 2. The zero-order valence-electron chi connectivity index (χ0n) is 18.7. The van der Waals surface area contributed by atoms with E-state index in [9.17, 15) is 5.11 Å². The minimum absolute atomic E-state index is 0.183. The van der Waals surface area contributed by atoms with Gasteiger partial charge in [0.2, 0.25) is 0 Å². The number of nitrogens with one attached hydrogen (secondary N) is 1. The summed E-state index contributed by atoms with van der Waals surface area (Å²) in [5.74, 6) is 1.07. The maximum absolute atomic E-state index is 10.7. The number of phenols is 1. The molecular formula is C26H25N5OS. The zero-order chi connectivity index (χ0) is 23.1. The zero-order valence-corrected chi connectivity index (χ0v) is 19.5. The van der Waals surface area contributed by atoms with E-state index in [2.05, 4.69) is 52.8 Å². The predicted molar refractivity (Wildman–Crippen MR) is 134 cm³/mol. The summed E-state index contributed by atoms with van der Waals surface area (Å²) in [6.07, 6.45) is 3.63. The average molecular weight is 456 g/mol. The van der Waals surface area contributed by atoms with Gasteiger partial charge in [-0.1, -0.05) is 18.2 Å². The molecule has 0 bridgehead atoms. The SMILES string of the molecule is Cc1ccnc(-n2c(C)cc([C@@H]3[C@H](c4ccccn4)NC(=S)N3c3ccccc3O)c2C)c1. The standard InChI is InChI=1S/C26H25N5OS/c1-16-11-13-28-23(14-16)30-17(2)15-19(18(30)3)25-24(20-8-6-7-12-27-20)29-26(33)31(25)21-9-4-5-10-22(21)32/h4-15,24-25,32H,1-3H3,(H,29,33)/t24-,25+/m0/s1. The van der Waals surface area contributed by atoms with Gasteiger partial charge in [0.15, 0.2) is 5.11 Å². The van der Waals surface area contributed by atoms with E-state index in [1.807, 2.05) is 53.6 Å². The molecule has 1 fully saturated rings. The molecule has 0 radical (unpaired) electrons. The van der Waals surface area contributed by atoms with Gasteiger partial charge in [-0.2, -0.15) is 0 Å². The number of aryl methyl sites for hydroxylation is 2. The van der Waals surface area contributed by atoms with E-state index in [-0.39, 0.29) is 17.8 Å². The van der Waals surface area contributed by atoms with Crippen molar-refractivity contribution in [2.24, 2.45) is 0 Å². The quantitative estimate of drug-likeness (QED) is 0.419. The maximum Gasteiger partial charge on any atom is 0.174 e. The van der Waals surface area contributed by atoms with Gasteiger partial charge in [-0.05, 0) is 86.6 Å². The largest absolute Gasteiger partial charge is 0.506 e. The summed E-state index contributed by atoms with van der Waals surface area (Å²) in [6.45, 7) is 6.25. The second-order valence-electron chi connectivity index (χ2n) is 8.34. The van der Waals surface area contributed by atoms with E-state index < -0.39 is 0 Å². The van der Waals surface area contributed by atoms with E-state index in [1.165, 1.54) is 0 Å². The van der Waals surface area contributed by atoms with E-state index in [4.69, 9.17) is 12.2 Å². The van der Waals surface area contributed by atoms with Crippen LogP contribution in [-0.4, -0.2) is 24.8 Å². The van der Waals surface area contributed by atoms with Crippen LogP contribution in [0.25, 0.3) is 5.82 Å². The lowest BCUT2D eigenvalue weighted by molar-refractivity contribution is 0.472. The third kappa shape index (κ3) is 3.64. The van der Waals surface area contributed by atoms with Gasteiger partial charge in [0.1, 0.15) is 11.6 Å². The van der Waals surface area contributed by atoms with Crippen molar-refractivity contribution in [3.8, 4) is 11.6 Å². The Balaban J connectivity index is 1.70. The Labute approximate surface area is 198 Å². The Morgan fingerprint density at radius 1 is 0.939 bits per heavy atom.